The van der Waals surface area contributed by atoms with Crippen LogP contribution in [0.15, 0.2) is 47.6 Å². The van der Waals surface area contributed by atoms with Crippen molar-refractivity contribution in [1.29, 1.82) is 0 Å². The number of benzene rings is 1. The quantitative estimate of drug-likeness (QED) is 0.212. The van der Waals surface area contributed by atoms with Crippen LogP contribution in [0.2, 0.25) is 0 Å². The van der Waals surface area contributed by atoms with Gasteiger partial charge < -0.3 is 20.7 Å². The van der Waals surface area contributed by atoms with Crippen molar-refractivity contribution in [2.45, 2.75) is 19.1 Å². The average molecular weight is 523 g/mol. The second-order valence-corrected chi connectivity index (χ2v) is 5.91. The minimum Gasteiger partial charge on any atom is -0.497 e. The number of halogens is 4. The Labute approximate surface area is 185 Å². The highest BCUT2D eigenvalue weighted by atomic mass is 127. The van der Waals surface area contributed by atoms with Gasteiger partial charge in [-0.1, -0.05) is 12.1 Å². The summed E-state index contributed by atoms with van der Waals surface area (Å²) in [5.41, 5.74) is 0.338. The molecule has 160 valence electrons. The molecule has 1 aromatic carbocycles. The molecule has 1 aromatic heterocycles. The van der Waals surface area contributed by atoms with Crippen LogP contribution in [0, 0.1) is 0 Å². The lowest BCUT2D eigenvalue weighted by molar-refractivity contribution is -0.137. The Morgan fingerprint density at radius 3 is 2.34 bits per heavy atom. The maximum absolute atomic E-state index is 12.5. The van der Waals surface area contributed by atoms with Gasteiger partial charge in [-0.15, -0.1) is 24.0 Å². The lowest BCUT2D eigenvalue weighted by Crippen LogP contribution is -2.37. The summed E-state index contributed by atoms with van der Waals surface area (Å²) >= 11 is 0. The van der Waals surface area contributed by atoms with Gasteiger partial charge in [0.25, 0.3) is 0 Å². The fourth-order valence-electron chi connectivity index (χ4n) is 2.33. The molecular weight excluding hydrogens is 498 g/mol. The Morgan fingerprint density at radius 2 is 1.79 bits per heavy atom. The number of guanidine groups is 1. The van der Waals surface area contributed by atoms with E-state index in [4.69, 9.17) is 4.74 Å². The van der Waals surface area contributed by atoms with E-state index in [9.17, 15) is 13.2 Å². The Hall–Kier alpha value is -2.24. The first kappa shape index (κ1) is 24.8. The molecule has 29 heavy (non-hydrogen) atoms. The van der Waals surface area contributed by atoms with Crippen molar-refractivity contribution in [1.82, 2.24) is 15.6 Å². The molecule has 0 aliphatic heterocycles. The predicted molar refractivity (Wildman–Crippen MR) is 119 cm³/mol. The zero-order chi connectivity index (χ0) is 20.4. The number of aromatic nitrogens is 1. The molecule has 2 aromatic rings. The van der Waals surface area contributed by atoms with Crippen molar-refractivity contribution in [3.63, 3.8) is 0 Å². The van der Waals surface area contributed by atoms with E-state index in [1.807, 2.05) is 24.3 Å². The minimum atomic E-state index is -4.37. The van der Waals surface area contributed by atoms with Crippen molar-refractivity contribution in [3.05, 3.63) is 53.7 Å². The molecule has 0 atom stereocenters. The summed E-state index contributed by atoms with van der Waals surface area (Å²) in [6.45, 7) is 1.84. The number of aliphatic imine (C=N–C) groups is 1. The van der Waals surface area contributed by atoms with Crippen LogP contribution < -0.4 is 20.7 Å². The normalized spacial score (nSPS) is 11.4. The van der Waals surface area contributed by atoms with Gasteiger partial charge in [0.15, 0.2) is 5.96 Å². The molecule has 0 aliphatic rings. The monoisotopic (exact) mass is 523 g/mol. The highest BCUT2D eigenvalue weighted by Gasteiger charge is 2.30. The molecule has 6 nitrogen and oxygen atoms in total. The highest BCUT2D eigenvalue weighted by Crippen LogP contribution is 2.28. The number of nitrogens with one attached hydrogen (secondary N) is 3. The molecule has 0 fully saturated rings. The first-order valence-electron chi connectivity index (χ1n) is 8.77. The molecule has 0 amide bonds. The van der Waals surface area contributed by atoms with Gasteiger partial charge in [0.1, 0.15) is 11.6 Å². The number of hydrogen-bond donors (Lipinski definition) is 3. The first-order valence-corrected chi connectivity index (χ1v) is 8.77. The van der Waals surface area contributed by atoms with E-state index in [1.165, 1.54) is 6.07 Å². The van der Waals surface area contributed by atoms with Crippen LogP contribution >= 0.6 is 24.0 Å². The Bertz CT molecular complexity index is 752. The number of hydrogen-bond acceptors (Lipinski definition) is 4. The van der Waals surface area contributed by atoms with Crippen LogP contribution in [0.25, 0.3) is 0 Å². The summed E-state index contributed by atoms with van der Waals surface area (Å²) in [5, 5.41) is 9.39. The van der Waals surface area contributed by atoms with Crippen LogP contribution in [-0.2, 0) is 12.7 Å². The lowest BCUT2D eigenvalue weighted by Gasteiger charge is -2.13. The van der Waals surface area contributed by atoms with E-state index in [2.05, 4.69) is 25.9 Å². The fraction of sp³-hybridized carbons (Fsp3) is 0.368. The molecule has 1 heterocycles. The summed E-state index contributed by atoms with van der Waals surface area (Å²) in [5.74, 6) is 1.89. The Kier molecular flexibility index (Phi) is 10.6. The third kappa shape index (κ3) is 8.75. The molecule has 0 spiro atoms. The van der Waals surface area contributed by atoms with Gasteiger partial charge >= 0.3 is 6.18 Å². The number of nitrogens with zero attached hydrogens (tertiary/aromatic N) is 2. The summed E-state index contributed by atoms with van der Waals surface area (Å²) in [4.78, 5) is 7.93. The van der Waals surface area contributed by atoms with E-state index >= 15 is 0 Å². The van der Waals surface area contributed by atoms with Crippen molar-refractivity contribution < 1.29 is 17.9 Å². The molecule has 0 bridgehead atoms. The van der Waals surface area contributed by atoms with Gasteiger partial charge in [-0.05, 0) is 36.2 Å². The van der Waals surface area contributed by atoms with Crippen LogP contribution in [0.5, 0.6) is 5.75 Å². The van der Waals surface area contributed by atoms with Crippen LogP contribution in [-0.4, -0.2) is 38.2 Å². The van der Waals surface area contributed by atoms with E-state index in [1.54, 1.807) is 14.2 Å². The summed E-state index contributed by atoms with van der Waals surface area (Å²) in [7, 11) is 3.31. The first-order chi connectivity index (χ1) is 13.4. The summed E-state index contributed by atoms with van der Waals surface area (Å²) in [6.07, 6.45) is -2.80. The van der Waals surface area contributed by atoms with Gasteiger partial charge in [0.2, 0.25) is 0 Å². The molecule has 0 saturated carbocycles. The molecule has 0 unspecified atom stereocenters. The van der Waals surface area contributed by atoms with Crippen molar-refractivity contribution in [2.75, 3.05) is 32.6 Å². The maximum Gasteiger partial charge on any atom is 0.417 e. The topological polar surface area (TPSA) is 70.6 Å². The van der Waals surface area contributed by atoms with Crippen LogP contribution in [0.1, 0.15) is 17.5 Å². The van der Waals surface area contributed by atoms with Crippen molar-refractivity contribution in [3.8, 4) is 5.75 Å². The third-order valence-electron chi connectivity index (χ3n) is 3.89. The molecule has 3 N–H and O–H groups in total. The predicted octanol–water partition coefficient (Wildman–Crippen LogP) is 3.89. The molecular formula is C19H25F3IN5O. The summed E-state index contributed by atoms with van der Waals surface area (Å²) in [6, 6.07) is 10.1. The van der Waals surface area contributed by atoms with E-state index < -0.39 is 11.7 Å². The van der Waals surface area contributed by atoms with Crippen LogP contribution in [0.4, 0.5) is 19.0 Å². The molecule has 0 aliphatic carbocycles. The second-order valence-electron chi connectivity index (χ2n) is 5.91. The van der Waals surface area contributed by atoms with Gasteiger partial charge in [0.05, 0.1) is 12.7 Å². The Morgan fingerprint density at radius 1 is 1.07 bits per heavy atom. The zero-order valence-electron chi connectivity index (χ0n) is 16.2. The number of rotatable bonds is 8. The molecule has 2 rings (SSSR count). The van der Waals surface area contributed by atoms with E-state index in [0.29, 0.717) is 31.4 Å². The number of ether oxygens (including phenoxy) is 1. The maximum atomic E-state index is 12.5. The standard InChI is InChI=1S/C19H24F3N5O.HI/c1-23-18(27-12-14-4-7-16(28-2)8-5-14)25-11-3-10-24-17-9-6-15(13-26-17)19(20,21)22;/h4-9,13H,3,10-12H2,1-2H3,(H,24,26)(H2,23,25,27);1H. The third-order valence-corrected chi connectivity index (χ3v) is 3.89. The van der Waals surface area contributed by atoms with Gasteiger partial charge in [-0.25, -0.2) is 4.98 Å². The van der Waals surface area contributed by atoms with Crippen molar-refractivity contribution in [2.24, 2.45) is 4.99 Å². The molecule has 0 radical (unpaired) electrons. The number of methoxy groups -OCH3 is 1. The fourth-order valence-corrected chi connectivity index (χ4v) is 2.33. The summed E-state index contributed by atoms with van der Waals surface area (Å²) < 4.78 is 42.6. The highest BCUT2D eigenvalue weighted by molar-refractivity contribution is 14.0. The largest absolute Gasteiger partial charge is 0.497 e. The second kappa shape index (κ2) is 12.3. The van der Waals surface area contributed by atoms with Gasteiger partial charge in [-0.2, -0.15) is 13.2 Å². The lowest BCUT2D eigenvalue weighted by atomic mass is 10.2. The number of anilines is 1. The number of alkyl halides is 3. The van der Waals surface area contributed by atoms with Gasteiger partial charge in [-0.3, -0.25) is 4.99 Å². The minimum absolute atomic E-state index is 0. The number of pyridine rings is 1. The van der Waals surface area contributed by atoms with Gasteiger partial charge in [0, 0.05) is 32.9 Å². The Balaban J connectivity index is 0.00000420. The smallest absolute Gasteiger partial charge is 0.417 e. The van der Waals surface area contributed by atoms with E-state index in [0.717, 1.165) is 30.0 Å². The van der Waals surface area contributed by atoms with E-state index in [-0.39, 0.29) is 24.0 Å². The van der Waals surface area contributed by atoms with Crippen LogP contribution in [0.3, 0.4) is 0 Å². The molecule has 10 heteroatoms. The average Bonchev–Trinajstić information content (AvgIpc) is 2.70. The van der Waals surface area contributed by atoms with Crippen molar-refractivity contribution >= 4 is 35.8 Å². The zero-order valence-corrected chi connectivity index (χ0v) is 18.5. The molecule has 0 saturated heterocycles. The SMILES string of the molecule is CN=C(NCCCNc1ccc(C(F)(F)F)cn1)NCc1ccc(OC)cc1.I.